The zero-order chi connectivity index (χ0) is 17.0. The van der Waals surface area contributed by atoms with E-state index in [0.717, 1.165) is 29.8 Å². The summed E-state index contributed by atoms with van der Waals surface area (Å²) in [6, 6.07) is 20.0. The SMILES string of the molecule is CC(=Nc1ccccc1)C1CCC(C)(C=Cc2ccccc2)C1=O. The van der Waals surface area contributed by atoms with Crippen LogP contribution in [-0.4, -0.2) is 11.5 Å². The van der Waals surface area contributed by atoms with Crippen LogP contribution in [0.5, 0.6) is 0 Å². The van der Waals surface area contributed by atoms with E-state index in [2.05, 4.69) is 29.3 Å². The molecule has 1 saturated carbocycles. The Morgan fingerprint density at radius 2 is 1.71 bits per heavy atom. The van der Waals surface area contributed by atoms with Gasteiger partial charge in [0.05, 0.1) is 11.6 Å². The van der Waals surface area contributed by atoms with Crippen molar-refractivity contribution in [3.8, 4) is 0 Å². The lowest BCUT2D eigenvalue weighted by molar-refractivity contribution is -0.124. The molecule has 2 nitrogen and oxygen atoms in total. The van der Waals surface area contributed by atoms with Crippen molar-refractivity contribution in [2.45, 2.75) is 26.7 Å². The smallest absolute Gasteiger partial charge is 0.151 e. The fourth-order valence-electron chi connectivity index (χ4n) is 3.29. The minimum atomic E-state index is -0.395. The summed E-state index contributed by atoms with van der Waals surface area (Å²) in [5, 5.41) is 0. The van der Waals surface area contributed by atoms with Crippen molar-refractivity contribution in [1.29, 1.82) is 0 Å². The number of ketones is 1. The van der Waals surface area contributed by atoms with Gasteiger partial charge in [0.1, 0.15) is 0 Å². The first kappa shape index (κ1) is 16.4. The average molecular weight is 317 g/mol. The van der Waals surface area contributed by atoms with Gasteiger partial charge in [0.15, 0.2) is 5.78 Å². The van der Waals surface area contributed by atoms with Gasteiger partial charge in [-0.1, -0.05) is 60.7 Å². The van der Waals surface area contributed by atoms with Gasteiger partial charge in [-0.3, -0.25) is 9.79 Å². The van der Waals surface area contributed by atoms with Gasteiger partial charge in [0, 0.05) is 11.1 Å². The van der Waals surface area contributed by atoms with E-state index in [1.165, 1.54) is 0 Å². The van der Waals surface area contributed by atoms with Crippen molar-refractivity contribution in [1.82, 2.24) is 0 Å². The van der Waals surface area contributed by atoms with Gasteiger partial charge in [-0.25, -0.2) is 0 Å². The molecule has 3 rings (SSSR count). The molecule has 0 radical (unpaired) electrons. The van der Waals surface area contributed by atoms with Gasteiger partial charge >= 0.3 is 0 Å². The van der Waals surface area contributed by atoms with Crippen LogP contribution in [0.1, 0.15) is 32.3 Å². The minimum absolute atomic E-state index is 0.0735. The first-order valence-electron chi connectivity index (χ1n) is 8.47. The zero-order valence-electron chi connectivity index (χ0n) is 14.3. The van der Waals surface area contributed by atoms with Gasteiger partial charge in [-0.2, -0.15) is 0 Å². The van der Waals surface area contributed by atoms with Crippen LogP contribution in [-0.2, 0) is 4.79 Å². The van der Waals surface area contributed by atoms with Gasteiger partial charge in [-0.15, -0.1) is 0 Å². The normalized spacial score (nSPS) is 24.7. The maximum absolute atomic E-state index is 12.9. The van der Waals surface area contributed by atoms with Crippen LogP contribution in [0.2, 0.25) is 0 Å². The monoisotopic (exact) mass is 317 g/mol. The maximum atomic E-state index is 12.9. The summed E-state index contributed by atoms with van der Waals surface area (Å²) in [4.78, 5) is 17.6. The van der Waals surface area contributed by atoms with Crippen LogP contribution in [0.3, 0.4) is 0 Å². The number of carbonyl (C=O) groups excluding carboxylic acids is 1. The highest BCUT2D eigenvalue weighted by atomic mass is 16.1. The Kier molecular flexibility index (Phi) is 4.75. The molecule has 2 aromatic rings. The van der Waals surface area contributed by atoms with Crippen molar-refractivity contribution in [2.24, 2.45) is 16.3 Å². The molecule has 2 heteroatoms. The summed E-state index contributed by atoms with van der Waals surface area (Å²) in [6.07, 6.45) is 5.88. The second kappa shape index (κ2) is 6.96. The third-order valence-corrected chi connectivity index (χ3v) is 4.84. The van der Waals surface area contributed by atoms with Crippen LogP contribution in [0.4, 0.5) is 5.69 Å². The second-order valence-electron chi connectivity index (χ2n) is 6.71. The van der Waals surface area contributed by atoms with Crippen LogP contribution in [0.15, 0.2) is 71.7 Å². The van der Waals surface area contributed by atoms with Crippen LogP contribution in [0, 0.1) is 11.3 Å². The molecule has 2 aromatic carbocycles. The van der Waals surface area contributed by atoms with Gasteiger partial charge in [0.2, 0.25) is 0 Å². The molecule has 1 aliphatic carbocycles. The predicted molar refractivity (Wildman–Crippen MR) is 101 cm³/mol. The minimum Gasteiger partial charge on any atom is -0.298 e. The second-order valence-corrected chi connectivity index (χ2v) is 6.71. The molecular weight excluding hydrogens is 294 g/mol. The fourth-order valence-corrected chi connectivity index (χ4v) is 3.29. The Morgan fingerprint density at radius 1 is 1.08 bits per heavy atom. The summed E-state index contributed by atoms with van der Waals surface area (Å²) in [5.41, 5.74) is 2.57. The highest BCUT2D eigenvalue weighted by molar-refractivity contribution is 6.09. The Morgan fingerprint density at radius 3 is 2.38 bits per heavy atom. The van der Waals surface area contributed by atoms with Crippen molar-refractivity contribution in [2.75, 3.05) is 0 Å². The Hall–Kier alpha value is -2.48. The maximum Gasteiger partial charge on any atom is 0.151 e. The Balaban J connectivity index is 1.77. The number of aliphatic imine (C=N–C) groups is 1. The number of Topliss-reactive ketones (excluding diaryl/α,β-unsaturated/α-hetero) is 1. The van der Waals surface area contributed by atoms with Gasteiger partial charge < -0.3 is 0 Å². The molecule has 2 unspecified atom stereocenters. The summed E-state index contributed by atoms with van der Waals surface area (Å²) in [6.45, 7) is 4.02. The van der Waals surface area contributed by atoms with E-state index in [-0.39, 0.29) is 11.7 Å². The van der Waals surface area contributed by atoms with E-state index in [1.54, 1.807) is 0 Å². The molecule has 0 saturated heterocycles. The van der Waals surface area contributed by atoms with Crippen molar-refractivity contribution in [3.05, 3.63) is 72.3 Å². The van der Waals surface area contributed by atoms with Crippen molar-refractivity contribution < 1.29 is 4.79 Å². The number of benzene rings is 2. The molecule has 0 aliphatic heterocycles. The molecule has 1 aliphatic rings. The van der Waals surface area contributed by atoms with E-state index < -0.39 is 5.41 Å². The summed E-state index contributed by atoms with van der Waals surface area (Å²) in [5.74, 6) is 0.211. The Labute approximate surface area is 143 Å². The lowest BCUT2D eigenvalue weighted by Crippen LogP contribution is -2.26. The molecule has 1 fully saturated rings. The molecule has 0 aromatic heterocycles. The third-order valence-electron chi connectivity index (χ3n) is 4.84. The average Bonchev–Trinajstić information content (AvgIpc) is 2.91. The van der Waals surface area contributed by atoms with E-state index in [1.807, 2.05) is 62.4 Å². The molecule has 122 valence electrons. The van der Waals surface area contributed by atoms with Gasteiger partial charge in [-0.05, 0) is 44.4 Å². The summed E-state index contributed by atoms with van der Waals surface area (Å²) in [7, 11) is 0. The van der Waals surface area contributed by atoms with E-state index in [9.17, 15) is 4.79 Å². The lowest BCUT2D eigenvalue weighted by Gasteiger charge is -2.18. The third kappa shape index (κ3) is 3.53. The summed E-state index contributed by atoms with van der Waals surface area (Å²) < 4.78 is 0. The highest BCUT2D eigenvalue weighted by Crippen LogP contribution is 2.40. The molecule has 0 amide bonds. The lowest BCUT2D eigenvalue weighted by atomic mass is 9.84. The van der Waals surface area contributed by atoms with Crippen LogP contribution < -0.4 is 0 Å². The Bertz CT molecular complexity index is 761. The van der Waals surface area contributed by atoms with E-state index in [0.29, 0.717) is 0 Å². The molecule has 0 spiro atoms. The standard InChI is InChI=1S/C22H23NO/c1-17(23-19-11-7-4-8-12-19)20-14-16-22(2,21(20)24)15-13-18-9-5-3-6-10-18/h3-13,15,20H,14,16H2,1-2H3. The fraction of sp³-hybridized carbons (Fsp3) is 0.273. The molecule has 24 heavy (non-hydrogen) atoms. The molecule has 0 heterocycles. The van der Waals surface area contributed by atoms with Crippen molar-refractivity contribution in [3.63, 3.8) is 0 Å². The van der Waals surface area contributed by atoms with E-state index >= 15 is 0 Å². The molecule has 0 N–H and O–H groups in total. The quantitative estimate of drug-likeness (QED) is 0.687. The summed E-state index contributed by atoms with van der Waals surface area (Å²) >= 11 is 0. The van der Waals surface area contributed by atoms with E-state index in [4.69, 9.17) is 0 Å². The molecular formula is C22H23NO. The van der Waals surface area contributed by atoms with Gasteiger partial charge in [0.25, 0.3) is 0 Å². The first-order valence-corrected chi connectivity index (χ1v) is 8.47. The number of rotatable bonds is 4. The number of carbonyl (C=O) groups is 1. The molecule has 2 atom stereocenters. The number of para-hydroxylation sites is 1. The zero-order valence-corrected chi connectivity index (χ0v) is 14.3. The van der Waals surface area contributed by atoms with Crippen molar-refractivity contribution >= 4 is 23.3 Å². The topological polar surface area (TPSA) is 29.4 Å². The predicted octanol–water partition coefficient (Wildman–Crippen LogP) is 5.48. The first-order chi connectivity index (χ1) is 11.6. The van der Waals surface area contributed by atoms with Crippen LogP contribution in [0.25, 0.3) is 6.08 Å². The number of hydrogen-bond donors (Lipinski definition) is 0. The highest BCUT2D eigenvalue weighted by Gasteiger charge is 2.43. The van der Waals surface area contributed by atoms with Crippen LogP contribution >= 0.6 is 0 Å². The number of allylic oxidation sites excluding steroid dienone is 1. The number of nitrogens with zero attached hydrogens (tertiary/aromatic N) is 1. The molecule has 0 bridgehead atoms. The largest absolute Gasteiger partial charge is 0.298 e. The number of hydrogen-bond acceptors (Lipinski definition) is 2.